The van der Waals surface area contributed by atoms with Crippen LogP contribution < -0.4 is 16.4 Å². The Hall–Kier alpha value is -1.30. The smallest absolute Gasteiger partial charge is 0.315 e. The maximum absolute atomic E-state index is 12.2. The summed E-state index contributed by atoms with van der Waals surface area (Å²) in [6, 6.07) is 0.156. The van der Waals surface area contributed by atoms with Crippen LogP contribution in [0, 0.1) is 5.41 Å². The number of carbonyl (C=O) groups excluding carboxylic acids is 2. The van der Waals surface area contributed by atoms with E-state index in [1.54, 1.807) is 0 Å². The lowest BCUT2D eigenvalue weighted by atomic mass is 9.79. The van der Waals surface area contributed by atoms with Gasteiger partial charge >= 0.3 is 6.03 Å². The molecule has 0 radical (unpaired) electrons. The number of nitrogens with zero attached hydrogens (tertiary/aromatic N) is 1. The molecule has 0 aromatic heterocycles. The Morgan fingerprint density at radius 3 is 2.50 bits per heavy atom. The molecule has 0 spiro atoms. The molecule has 0 bridgehead atoms. The van der Waals surface area contributed by atoms with Gasteiger partial charge in [-0.05, 0) is 24.7 Å². The fourth-order valence-electron chi connectivity index (χ4n) is 3.34. The normalized spacial score (nSPS) is 25.6. The van der Waals surface area contributed by atoms with Gasteiger partial charge in [0, 0.05) is 25.2 Å². The molecule has 1 atom stereocenters. The van der Waals surface area contributed by atoms with Crippen molar-refractivity contribution in [1.82, 2.24) is 15.5 Å². The van der Waals surface area contributed by atoms with Gasteiger partial charge in [-0.3, -0.25) is 4.79 Å². The Morgan fingerprint density at radius 1 is 1.18 bits per heavy atom. The summed E-state index contributed by atoms with van der Waals surface area (Å²) in [5.41, 5.74) is 6.01. The van der Waals surface area contributed by atoms with Crippen LogP contribution in [0.5, 0.6) is 0 Å². The molecule has 22 heavy (non-hydrogen) atoms. The minimum atomic E-state index is -0.228. The van der Waals surface area contributed by atoms with Crippen LogP contribution in [-0.2, 0) is 4.79 Å². The van der Waals surface area contributed by atoms with Gasteiger partial charge in [-0.25, -0.2) is 4.79 Å². The molecule has 1 aliphatic carbocycles. The zero-order valence-corrected chi connectivity index (χ0v) is 13.9. The third-order valence-corrected chi connectivity index (χ3v) is 5.01. The van der Waals surface area contributed by atoms with Gasteiger partial charge in [-0.15, -0.1) is 0 Å². The Morgan fingerprint density at radius 2 is 1.86 bits per heavy atom. The average molecular weight is 310 g/mol. The molecular weight excluding hydrogens is 280 g/mol. The van der Waals surface area contributed by atoms with Crippen molar-refractivity contribution in [3.8, 4) is 0 Å². The minimum absolute atomic E-state index is 0.0289. The number of nitrogens with one attached hydrogen (secondary N) is 2. The number of rotatable bonds is 3. The lowest BCUT2D eigenvalue weighted by Crippen LogP contribution is -2.56. The maximum atomic E-state index is 12.2. The summed E-state index contributed by atoms with van der Waals surface area (Å²) in [5, 5.41) is 5.65. The van der Waals surface area contributed by atoms with E-state index in [-0.39, 0.29) is 36.0 Å². The van der Waals surface area contributed by atoms with Gasteiger partial charge in [0.05, 0.1) is 6.54 Å². The lowest BCUT2D eigenvalue weighted by Gasteiger charge is -2.42. The van der Waals surface area contributed by atoms with Gasteiger partial charge in [-0.2, -0.15) is 0 Å². The number of nitrogens with two attached hydrogens (primary N) is 1. The predicted molar refractivity (Wildman–Crippen MR) is 86.4 cm³/mol. The molecule has 3 amide bonds. The van der Waals surface area contributed by atoms with Crippen molar-refractivity contribution in [2.75, 3.05) is 19.6 Å². The lowest BCUT2D eigenvalue weighted by molar-refractivity contribution is -0.133. The van der Waals surface area contributed by atoms with Gasteiger partial charge in [-0.1, -0.05) is 33.1 Å². The van der Waals surface area contributed by atoms with Gasteiger partial charge < -0.3 is 21.3 Å². The second kappa shape index (κ2) is 7.31. The Balaban J connectivity index is 1.71. The number of hydrogen-bond donors (Lipinski definition) is 3. The molecule has 1 saturated heterocycles. The van der Waals surface area contributed by atoms with E-state index >= 15 is 0 Å². The van der Waals surface area contributed by atoms with E-state index in [9.17, 15) is 9.59 Å². The Bertz CT molecular complexity index is 405. The Labute approximate surface area is 133 Å². The highest BCUT2D eigenvalue weighted by molar-refractivity contribution is 5.84. The first-order valence-corrected chi connectivity index (χ1v) is 8.46. The van der Waals surface area contributed by atoms with Crippen LogP contribution >= 0.6 is 0 Å². The van der Waals surface area contributed by atoms with Crippen molar-refractivity contribution in [2.24, 2.45) is 11.1 Å². The molecule has 2 aliphatic rings. The predicted octanol–water partition coefficient (Wildman–Crippen LogP) is 1.20. The zero-order chi connectivity index (χ0) is 16.2. The van der Waals surface area contributed by atoms with E-state index < -0.39 is 0 Å². The fourth-order valence-corrected chi connectivity index (χ4v) is 3.34. The molecule has 2 fully saturated rings. The van der Waals surface area contributed by atoms with Gasteiger partial charge in [0.1, 0.15) is 0 Å². The highest BCUT2D eigenvalue weighted by atomic mass is 16.2. The molecule has 6 nitrogen and oxygen atoms in total. The number of urea groups is 1. The highest BCUT2D eigenvalue weighted by Crippen LogP contribution is 2.27. The van der Waals surface area contributed by atoms with Crippen molar-refractivity contribution in [3.05, 3.63) is 0 Å². The van der Waals surface area contributed by atoms with Crippen molar-refractivity contribution in [2.45, 2.75) is 64.5 Å². The molecule has 1 saturated carbocycles. The summed E-state index contributed by atoms with van der Waals surface area (Å²) >= 11 is 0. The maximum Gasteiger partial charge on any atom is 0.315 e. The number of likely N-dealkylation sites (tertiary alicyclic amines) is 1. The first-order chi connectivity index (χ1) is 10.4. The van der Waals surface area contributed by atoms with Crippen LogP contribution in [0.3, 0.4) is 0 Å². The zero-order valence-electron chi connectivity index (χ0n) is 13.9. The van der Waals surface area contributed by atoms with Crippen LogP contribution in [0.4, 0.5) is 4.79 Å². The largest absolute Gasteiger partial charge is 0.341 e. The standard InChI is InChI=1S/C16H30N4O2/c1-16(2)11-20(9-8-13(16)17)14(21)10-18-15(22)19-12-6-4-3-5-7-12/h12-13H,3-11,17H2,1-2H3,(H2,18,19,22). The molecule has 2 rings (SSSR count). The molecule has 0 aromatic carbocycles. The highest BCUT2D eigenvalue weighted by Gasteiger charge is 2.35. The third-order valence-electron chi connectivity index (χ3n) is 5.01. The van der Waals surface area contributed by atoms with Gasteiger partial charge in [0.15, 0.2) is 0 Å². The van der Waals surface area contributed by atoms with Crippen LogP contribution in [0.15, 0.2) is 0 Å². The molecule has 126 valence electrons. The molecular formula is C16H30N4O2. The first kappa shape index (κ1) is 17.1. The van der Waals surface area contributed by atoms with Crippen molar-refractivity contribution < 1.29 is 9.59 Å². The Kier molecular flexibility index (Phi) is 5.67. The second-order valence-electron chi connectivity index (χ2n) is 7.36. The average Bonchev–Trinajstić information content (AvgIpc) is 2.48. The quantitative estimate of drug-likeness (QED) is 0.732. The molecule has 4 N–H and O–H groups in total. The first-order valence-electron chi connectivity index (χ1n) is 8.46. The number of piperidine rings is 1. The van der Waals surface area contributed by atoms with E-state index in [2.05, 4.69) is 24.5 Å². The van der Waals surface area contributed by atoms with Gasteiger partial charge in [0.2, 0.25) is 5.91 Å². The van der Waals surface area contributed by atoms with E-state index in [0.717, 1.165) is 19.3 Å². The summed E-state index contributed by atoms with van der Waals surface area (Å²) in [5.74, 6) is -0.0289. The summed E-state index contributed by atoms with van der Waals surface area (Å²) < 4.78 is 0. The molecule has 1 aliphatic heterocycles. The number of carbonyl (C=O) groups is 2. The van der Waals surface area contributed by atoms with Crippen LogP contribution in [0.1, 0.15) is 52.4 Å². The monoisotopic (exact) mass is 310 g/mol. The molecule has 1 unspecified atom stereocenters. The van der Waals surface area contributed by atoms with E-state index in [4.69, 9.17) is 5.73 Å². The second-order valence-corrected chi connectivity index (χ2v) is 7.36. The molecule has 0 aromatic rings. The van der Waals surface area contributed by atoms with E-state index in [0.29, 0.717) is 13.1 Å². The van der Waals surface area contributed by atoms with Crippen molar-refractivity contribution >= 4 is 11.9 Å². The molecule has 6 heteroatoms. The summed E-state index contributed by atoms with van der Waals surface area (Å²) in [4.78, 5) is 25.9. The van der Waals surface area contributed by atoms with Crippen LogP contribution in [-0.4, -0.2) is 48.6 Å². The fraction of sp³-hybridized carbons (Fsp3) is 0.875. The summed E-state index contributed by atoms with van der Waals surface area (Å²) in [6.07, 6.45) is 6.50. The van der Waals surface area contributed by atoms with Gasteiger partial charge in [0.25, 0.3) is 0 Å². The van der Waals surface area contributed by atoms with Crippen LogP contribution in [0.25, 0.3) is 0 Å². The van der Waals surface area contributed by atoms with Crippen molar-refractivity contribution in [1.29, 1.82) is 0 Å². The summed E-state index contributed by atoms with van der Waals surface area (Å²) in [7, 11) is 0. The topological polar surface area (TPSA) is 87.5 Å². The van der Waals surface area contributed by atoms with Crippen molar-refractivity contribution in [3.63, 3.8) is 0 Å². The number of amides is 3. The summed E-state index contributed by atoms with van der Waals surface area (Å²) in [6.45, 7) is 5.55. The van der Waals surface area contributed by atoms with E-state index in [1.807, 2.05) is 4.90 Å². The number of hydrogen-bond acceptors (Lipinski definition) is 3. The molecule has 1 heterocycles. The third kappa shape index (κ3) is 4.60. The van der Waals surface area contributed by atoms with E-state index in [1.165, 1.54) is 19.3 Å². The van der Waals surface area contributed by atoms with Crippen LogP contribution in [0.2, 0.25) is 0 Å². The minimum Gasteiger partial charge on any atom is -0.341 e. The SMILES string of the molecule is CC1(C)CN(C(=O)CNC(=O)NC2CCCCC2)CCC1N.